The summed E-state index contributed by atoms with van der Waals surface area (Å²) in [6, 6.07) is 6.09. The molecule has 2 aromatic rings. The van der Waals surface area contributed by atoms with E-state index in [-0.39, 0.29) is 0 Å². The predicted octanol–water partition coefficient (Wildman–Crippen LogP) is 4.09. The fraction of sp³-hybridized carbons (Fsp3) is 0.333. The predicted molar refractivity (Wildman–Crippen MR) is 84.3 cm³/mol. The van der Waals surface area contributed by atoms with Gasteiger partial charge in [0.05, 0.1) is 0 Å². The van der Waals surface area contributed by atoms with Gasteiger partial charge in [0.15, 0.2) is 5.16 Å². The standard InChI is InChI=1S/C15H18ClN3S/c1-3-6-17-10-12-4-5-13(7-14(12)16)20-15-18-8-11(2)9-19-15/h4-5,7-9,17H,3,6,10H2,1-2H3. The fourth-order valence-corrected chi connectivity index (χ4v) is 2.72. The van der Waals surface area contributed by atoms with Gasteiger partial charge in [0.25, 0.3) is 0 Å². The first kappa shape index (κ1) is 15.3. The van der Waals surface area contributed by atoms with Gasteiger partial charge < -0.3 is 5.32 Å². The topological polar surface area (TPSA) is 37.8 Å². The third-order valence-corrected chi connectivity index (χ3v) is 3.97. The molecule has 0 amide bonds. The third kappa shape index (κ3) is 4.47. The Kier molecular flexibility index (Phi) is 5.83. The zero-order valence-electron chi connectivity index (χ0n) is 11.7. The molecular formula is C15H18ClN3S. The van der Waals surface area contributed by atoms with Crippen molar-refractivity contribution in [3.63, 3.8) is 0 Å². The van der Waals surface area contributed by atoms with E-state index < -0.39 is 0 Å². The number of benzene rings is 1. The van der Waals surface area contributed by atoms with Crippen molar-refractivity contribution in [1.82, 2.24) is 15.3 Å². The number of hydrogen-bond donors (Lipinski definition) is 1. The summed E-state index contributed by atoms with van der Waals surface area (Å²) in [5.74, 6) is 0. The minimum Gasteiger partial charge on any atom is -0.313 e. The van der Waals surface area contributed by atoms with E-state index in [4.69, 9.17) is 11.6 Å². The summed E-state index contributed by atoms with van der Waals surface area (Å²) in [6.07, 6.45) is 4.76. The van der Waals surface area contributed by atoms with Gasteiger partial charge in [-0.1, -0.05) is 24.6 Å². The molecule has 0 aliphatic heterocycles. The van der Waals surface area contributed by atoms with Crippen molar-refractivity contribution in [2.75, 3.05) is 6.54 Å². The molecular weight excluding hydrogens is 290 g/mol. The van der Waals surface area contributed by atoms with E-state index in [1.807, 2.05) is 25.4 Å². The lowest BCUT2D eigenvalue weighted by atomic mass is 10.2. The number of aryl methyl sites for hydroxylation is 1. The molecule has 0 saturated carbocycles. The normalized spacial score (nSPS) is 10.8. The van der Waals surface area contributed by atoms with Crippen LogP contribution in [-0.2, 0) is 6.54 Å². The summed E-state index contributed by atoms with van der Waals surface area (Å²) < 4.78 is 0. The summed E-state index contributed by atoms with van der Waals surface area (Å²) >= 11 is 7.83. The van der Waals surface area contributed by atoms with Gasteiger partial charge in [-0.25, -0.2) is 9.97 Å². The number of hydrogen-bond acceptors (Lipinski definition) is 4. The molecule has 0 saturated heterocycles. The van der Waals surface area contributed by atoms with Gasteiger partial charge in [-0.3, -0.25) is 0 Å². The van der Waals surface area contributed by atoms with Crippen LogP contribution in [0.25, 0.3) is 0 Å². The largest absolute Gasteiger partial charge is 0.313 e. The van der Waals surface area contributed by atoms with Crippen molar-refractivity contribution in [1.29, 1.82) is 0 Å². The van der Waals surface area contributed by atoms with Gasteiger partial charge in [0.2, 0.25) is 0 Å². The maximum absolute atomic E-state index is 6.31. The Morgan fingerprint density at radius 2 is 2.00 bits per heavy atom. The molecule has 20 heavy (non-hydrogen) atoms. The van der Waals surface area contributed by atoms with Crippen molar-refractivity contribution >= 4 is 23.4 Å². The van der Waals surface area contributed by atoms with Gasteiger partial charge in [-0.15, -0.1) is 0 Å². The van der Waals surface area contributed by atoms with E-state index in [1.165, 1.54) is 11.8 Å². The van der Waals surface area contributed by atoms with Crippen LogP contribution in [0.4, 0.5) is 0 Å². The monoisotopic (exact) mass is 307 g/mol. The van der Waals surface area contributed by atoms with Crippen LogP contribution in [0.5, 0.6) is 0 Å². The van der Waals surface area contributed by atoms with Crippen LogP contribution in [0, 0.1) is 6.92 Å². The highest BCUT2D eigenvalue weighted by Gasteiger charge is 2.05. The molecule has 5 heteroatoms. The number of nitrogens with one attached hydrogen (secondary N) is 1. The van der Waals surface area contributed by atoms with E-state index in [0.717, 1.165) is 45.7 Å². The highest BCUT2D eigenvalue weighted by Crippen LogP contribution is 2.28. The SMILES string of the molecule is CCCNCc1ccc(Sc2ncc(C)cn2)cc1Cl. The molecule has 1 N–H and O–H groups in total. The molecule has 0 radical (unpaired) electrons. The lowest BCUT2D eigenvalue weighted by Crippen LogP contribution is -2.13. The molecule has 0 spiro atoms. The van der Waals surface area contributed by atoms with E-state index in [2.05, 4.69) is 34.3 Å². The van der Waals surface area contributed by atoms with Crippen molar-refractivity contribution < 1.29 is 0 Å². The molecule has 0 bridgehead atoms. The third-order valence-electron chi connectivity index (χ3n) is 2.73. The average Bonchev–Trinajstić information content (AvgIpc) is 2.44. The van der Waals surface area contributed by atoms with Gasteiger partial charge in [-0.05, 0) is 54.9 Å². The molecule has 2 rings (SSSR count). The lowest BCUT2D eigenvalue weighted by molar-refractivity contribution is 0.675. The maximum atomic E-state index is 6.31. The summed E-state index contributed by atoms with van der Waals surface area (Å²) in [5.41, 5.74) is 2.18. The Morgan fingerprint density at radius 3 is 2.65 bits per heavy atom. The molecule has 0 unspecified atom stereocenters. The lowest BCUT2D eigenvalue weighted by Gasteiger charge is -2.07. The van der Waals surface area contributed by atoms with Crippen molar-refractivity contribution in [3.05, 3.63) is 46.7 Å². The highest BCUT2D eigenvalue weighted by molar-refractivity contribution is 7.99. The van der Waals surface area contributed by atoms with Crippen LogP contribution < -0.4 is 5.32 Å². The fourth-order valence-electron chi connectivity index (χ4n) is 1.67. The molecule has 1 heterocycles. The van der Waals surface area contributed by atoms with Crippen molar-refractivity contribution in [2.24, 2.45) is 0 Å². The molecule has 3 nitrogen and oxygen atoms in total. The van der Waals surface area contributed by atoms with E-state index >= 15 is 0 Å². The smallest absolute Gasteiger partial charge is 0.192 e. The van der Waals surface area contributed by atoms with Crippen LogP contribution in [0.1, 0.15) is 24.5 Å². The number of aromatic nitrogens is 2. The quantitative estimate of drug-likeness (QED) is 0.644. The van der Waals surface area contributed by atoms with Crippen LogP contribution in [0.3, 0.4) is 0 Å². The van der Waals surface area contributed by atoms with Crippen LogP contribution in [0.15, 0.2) is 40.6 Å². The summed E-state index contributed by atoms with van der Waals surface area (Å²) in [7, 11) is 0. The van der Waals surface area contributed by atoms with Crippen LogP contribution in [0.2, 0.25) is 5.02 Å². The second-order valence-corrected chi connectivity index (χ2v) is 6.02. The molecule has 0 aliphatic rings. The average molecular weight is 308 g/mol. The minimum absolute atomic E-state index is 0.739. The number of rotatable bonds is 6. The minimum atomic E-state index is 0.739. The summed E-state index contributed by atoms with van der Waals surface area (Å²) in [4.78, 5) is 9.62. The van der Waals surface area contributed by atoms with Crippen molar-refractivity contribution in [2.45, 2.75) is 36.9 Å². The highest BCUT2D eigenvalue weighted by atomic mass is 35.5. The molecule has 1 aromatic heterocycles. The molecule has 0 fully saturated rings. The van der Waals surface area contributed by atoms with E-state index in [1.54, 1.807) is 0 Å². The van der Waals surface area contributed by atoms with Crippen LogP contribution >= 0.6 is 23.4 Å². The summed E-state index contributed by atoms with van der Waals surface area (Å²) in [6.45, 7) is 5.93. The molecule has 0 atom stereocenters. The van der Waals surface area contributed by atoms with Gasteiger partial charge in [0, 0.05) is 28.9 Å². The first-order valence-corrected chi connectivity index (χ1v) is 7.84. The van der Waals surface area contributed by atoms with E-state index in [0.29, 0.717) is 0 Å². The first-order chi connectivity index (χ1) is 9.69. The Morgan fingerprint density at radius 1 is 1.25 bits per heavy atom. The zero-order chi connectivity index (χ0) is 14.4. The van der Waals surface area contributed by atoms with Gasteiger partial charge in [0.1, 0.15) is 0 Å². The Balaban J connectivity index is 2.03. The van der Waals surface area contributed by atoms with Gasteiger partial charge in [-0.2, -0.15) is 0 Å². The van der Waals surface area contributed by atoms with Crippen LogP contribution in [-0.4, -0.2) is 16.5 Å². The Hall–Kier alpha value is -1.10. The maximum Gasteiger partial charge on any atom is 0.192 e. The van der Waals surface area contributed by atoms with E-state index in [9.17, 15) is 0 Å². The Bertz CT molecular complexity index is 558. The molecule has 1 aromatic carbocycles. The second kappa shape index (κ2) is 7.62. The summed E-state index contributed by atoms with van der Waals surface area (Å²) in [5, 5.41) is 4.87. The molecule has 0 aliphatic carbocycles. The molecule has 106 valence electrons. The Labute approximate surface area is 129 Å². The first-order valence-electron chi connectivity index (χ1n) is 6.64. The van der Waals surface area contributed by atoms with Crippen molar-refractivity contribution in [3.8, 4) is 0 Å². The number of nitrogens with zero attached hydrogens (tertiary/aromatic N) is 2. The number of halogens is 1. The zero-order valence-corrected chi connectivity index (χ0v) is 13.3. The second-order valence-electron chi connectivity index (χ2n) is 4.58. The van der Waals surface area contributed by atoms with Gasteiger partial charge >= 0.3 is 0 Å².